The highest BCUT2D eigenvalue weighted by molar-refractivity contribution is 6.09. The summed E-state index contributed by atoms with van der Waals surface area (Å²) in [5, 5.41) is 0. The standard InChI is InChI=1S/C19H21FN4O/c1-12(2)11-24(17-6-5-15(20)10-21-17)19(25)16-7-8-23-14(4)9-13(3)22-18(16)23/h5-10,12H,11H2,1-4H3. The molecule has 3 heterocycles. The van der Waals surface area contributed by atoms with Crippen LogP contribution in [-0.4, -0.2) is 26.8 Å². The lowest BCUT2D eigenvalue weighted by molar-refractivity contribution is 0.0984. The predicted molar refractivity (Wildman–Crippen MR) is 95.4 cm³/mol. The van der Waals surface area contributed by atoms with Gasteiger partial charge < -0.3 is 4.40 Å². The van der Waals surface area contributed by atoms with Crippen LogP contribution in [0.1, 0.15) is 35.6 Å². The molecule has 3 aromatic rings. The van der Waals surface area contributed by atoms with E-state index in [1.807, 2.05) is 44.4 Å². The lowest BCUT2D eigenvalue weighted by Crippen LogP contribution is -2.35. The first-order valence-corrected chi connectivity index (χ1v) is 8.25. The van der Waals surface area contributed by atoms with Gasteiger partial charge in [0.1, 0.15) is 17.3 Å². The number of carbonyl (C=O) groups excluding carboxylic acids is 1. The normalized spacial score (nSPS) is 11.3. The zero-order valence-corrected chi connectivity index (χ0v) is 14.8. The molecule has 0 aliphatic heterocycles. The van der Waals surface area contributed by atoms with E-state index < -0.39 is 5.82 Å². The van der Waals surface area contributed by atoms with Crippen LogP contribution < -0.4 is 4.90 Å². The molecule has 0 saturated carbocycles. The third-order valence-electron chi connectivity index (χ3n) is 3.95. The molecule has 0 N–H and O–H groups in total. The fourth-order valence-electron chi connectivity index (χ4n) is 2.88. The van der Waals surface area contributed by atoms with Gasteiger partial charge >= 0.3 is 0 Å². The van der Waals surface area contributed by atoms with Gasteiger partial charge in [-0.2, -0.15) is 0 Å². The summed E-state index contributed by atoms with van der Waals surface area (Å²) in [5.41, 5.74) is 3.00. The summed E-state index contributed by atoms with van der Waals surface area (Å²) in [6, 6.07) is 6.58. The second kappa shape index (κ2) is 6.63. The van der Waals surface area contributed by atoms with E-state index in [2.05, 4.69) is 9.97 Å². The van der Waals surface area contributed by atoms with E-state index in [-0.39, 0.29) is 11.8 Å². The Balaban J connectivity index is 2.07. The Morgan fingerprint density at radius 1 is 1.28 bits per heavy atom. The van der Waals surface area contributed by atoms with Gasteiger partial charge in [0.05, 0.1) is 11.8 Å². The minimum absolute atomic E-state index is 0.187. The van der Waals surface area contributed by atoms with Crippen molar-refractivity contribution in [2.45, 2.75) is 27.7 Å². The first-order valence-electron chi connectivity index (χ1n) is 8.25. The van der Waals surface area contributed by atoms with Crippen molar-refractivity contribution in [2.24, 2.45) is 5.92 Å². The van der Waals surface area contributed by atoms with Crippen molar-refractivity contribution in [1.82, 2.24) is 14.4 Å². The van der Waals surface area contributed by atoms with Gasteiger partial charge in [-0.1, -0.05) is 13.8 Å². The van der Waals surface area contributed by atoms with Gasteiger partial charge in [0.2, 0.25) is 0 Å². The van der Waals surface area contributed by atoms with Crippen LogP contribution in [0.4, 0.5) is 10.2 Å². The maximum Gasteiger partial charge on any atom is 0.263 e. The number of hydrogen-bond acceptors (Lipinski definition) is 3. The van der Waals surface area contributed by atoms with E-state index in [4.69, 9.17) is 0 Å². The number of fused-ring (bicyclic) bond motifs is 1. The van der Waals surface area contributed by atoms with E-state index in [1.165, 1.54) is 12.1 Å². The zero-order chi connectivity index (χ0) is 18.1. The Hall–Kier alpha value is -2.76. The SMILES string of the molecule is Cc1cc(C)n2ccc(C(=O)N(CC(C)C)c3ccc(F)cn3)c2n1. The molecule has 5 nitrogen and oxygen atoms in total. The monoisotopic (exact) mass is 340 g/mol. The van der Waals surface area contributed by atoms with Crippen LogP contribution in [0.3, 0.4) is 0 Å². The van der Waals surface area contributed by atoms with Crippen LogP contribution in [0.2, 0.25) is 0 Å². The summed E-state index contributed by atoms with van der Waals surface area (Å²) in [6.07, 6.45) is 2.97. The van der Waals surface area contributed by atoms with Crippen molar-refractivity contribution in [3.63, 3.8) is 0 Å². The van der Waals surface area contributed by atoms with Crippen molar-refractivity contribution in [3.8, 4) is 0 Å². The Bertz CT molecular complexity index is 915. The largest absolute Gasteiger partial charge is 0.305 e. The van der Waals surface area contributed by atoms with E-state index in [0.29, 0.717) is 23.6 Å². The number of pyridine rings is 1. The molecule has 0 bridgehead atoms. The second-order valence-corrected chi connectivity index (χ2v) is 6.61. The summed E-state index contributed by atoms with van der Waals surface area (Å²) in [6.45, 7) is 8.41. The molecule has 130 valence electrons. The molecular formula is C19H21FN4O. The Morgan fingerprint density at radius 3 is 2.68 bits per heavy atom. The van der Waals surface area contributed by atoms with Crippen molar-refractivity contribution >= 4 is 17.4 Å². The van der Waals surface area contributed by atoms with E-state index >= 15 is 0 Å². The van der Waals surface area contributed by atoms with Crippen LogP contribution in [0.25, 0.3) is 5.65 Å². The van der Waals surface area contributed by atoms with E-state index in [1.54, 1.807) is 11.0 Å². The highest BCUT2D eigenvalue weighted by atomic mass is 19.1. The molecule has 0 aliphatic rings. The third-order valence-corrected chi connectivity index (χ3v) is 3.95. The molecule has 3 rings (SSSR count). The molecule has 0 radical (unpaired) electrons. The number of amides is 1. The van der Waals surface area contributed by atoms with Crippen molar-refractivity contribution in [3.05, 3.63) is 59.4 Å². The number of aryl methyl sites for hydroxylation is 2. The predicted octanol–water partition coefficient (Wildman–Crippen LogP) is 3.79. The van der Waals surface area contributed by atoms with Gasteiger partial charge in [0.15, 0.2) is 0 Å². The summed E-state index contributed by atoms with van der Waals surface area (Å²) >= 11 is 0. The van der Waals surface area contributed by atoms with Gasteiger partial charge in [-0.3, -0.25) is 9.69 Å². The minimum Gasteiger partial charge on any atom is -0.305 e. The number of hydrogen-bond donors (Lipinski definition) is 0. The van der Waals surface area contributed by atoms with Gasteiger partial charge in [-0.05, 0) is 44.0 Å². The second-order valence-electron chi connectivity index (χ2n) is 6.61. The quantitative estimate of drug-likeness (QED) is 0.726. The van der Waals surface area contributed by atoms with Gasteiger partial charge in [0, 0.05) is 24.1 Å². The van der Waals surface area contributed by atoms with Crippen molar-refractivity contribution in [2.75, 3.05) is 11.4 Å². The molecule has 6 heteroatoms. The molecule has 1 amide bonds. The first kappa shape index (κ1) is 17.1. The number of anilines is 1. The van der Waals surface area contributed by atoms with Crippen LogP contribution in [0.5, 0.6) is 0 Å². The summed E-state index contributed by atoms with van der Waals surface area (Å²) in [7, 11) is 0. The fraction of sp³-hybridized carbons (Fsp3) is 0.316. The van der Waals surface area contributed by atoms with Crippen LogP contribution in [-0.2, 0) is 0 Å². The van der Waals surface area contributed by atoms with Gasteiger partial charge in [-0.15, -0.1) is 0 Å². The minimum atomic E-state index is -0.428. The number of halogens is 1. The maximum atomic E-state index is 13.2. The lowest BCUT2D eigenvalue weighted by Gasteiger charge is -2.23. The highest BCUT2D eigenvalue weighted by Gasteiger charge is 2.23. The van der Waals surface area contributed by atoms with Crippen LogP contribution in [0.15, 0.2) is 36.7 Å². The smallest absolute Gasteiger partial charge is 0.263 e. The van der Waals surface area contributed by atoms with Crippen molar-refractivity contribution in [1.29, 1.82) is 0 Å². The Kier molecular flexibility index (Phi) is 4.53. The fourth-order valence-corrected chi connectivity index (χ4v) is 2.88. The average Bonchev–Trinajstić information content (AvgIpc) is 2.97. The first-order chi connectivity index (χ1) is 11.9. The van der Waals surface area contributed by atoms with E-state index in [9.17, 15) is 9.18 Å². The lowest BCUT2D eigenvalue weighted by atomic mass is 10.1. The summed E-state index contributed by atoms with van der Waals surface area (Å²) in [4.78, 5) is 23.4. The number of rotatable bonds is 4. The van der Waals surface area contributed by atoms with Crippen LogP contribution >= 0.6 is 0 Å². The van der Waals surface area contributed by atoms with Gasteiger partial charge in [-0.25, -0.2) is 14.4 Å². The molecule has 0 aromatic carbocycles. The molecule has 0 atom stereocenters. The molecule has 0 fully saturated rings. The Morgan fingerprint density at radius 2 is 2.04 bits per heavy atom. The maximum absolute atomic E-state index is 13.2. The molecule has 0 spiro atoms. The zero-order valence-electron chi connectivity index (χ0n) is 14.8. The van der Waals surface area contributed by atoms with Crippen molar-refractivity contribution < 1.29 is 9.18 Å². The molecular weight excluding hydrogens is 319 g/mol. The molecule has 0 saturated heterocycles. The Labute approximate surface area is 146 Å². The molecule has 3 aromatic heterocycles. The molecule has 0 aliphatic carbocycles. The number of carbonyl (C=O) groups is 1. The van der Waals surface area contributed by atoms with Crippen LogP contribution in [0, 0.1) is 25.6 Å². The molecule has 0 unspecified atom stereocenters. The number of nitrogens with zero attached hydrogens (tertiary/aromatic N) is 4. The topological polar surface area (TPSA) is 50.5 Å². The molecule has 25 heavy (non-hydrogen) atoms. The average molecular weight is 340 g/mol. The highest BCUT2D eigenvalue weighted by Crippen LogP contribution is 2.21. The van der Waals surface area contributed by atoms with Gasteiger partial charge in [0.25, 0.3) is 5.91 Å². The summed E-state index contributed by atoms with van der Waals surface area (Å²) < 4.78 is 15.1. The summed E-state index contributed by atoms with van der Waals surface area (Å²) in [5.74, 6) is 0.0562. The number of aromatic nitrogens is 3. The third kappa shape index (κ3) is 3.38. The van der Waals surface area contributed by atoms with E-state index in [0.717, 1.165) is 17.6 Å².